The molecule has 0 radical (unpaired) electrons. The Labute approximate surface area is 123 Å². The summed E-state index contributed by atoms with van der Waals surface area (Å²) in [7, 11) is 1.75. The molecule has 0 spiro atoms. The highest BCUT2D eigenvalue weighted by atomic mass is 79.9. The summed E-state index contributed by atoms with van der Waals surface area (Å²) in [6.45, 7) is 0. The Kier molecular flexibility index (Phi) is 3.10. The zero-order chi connectivity index (χ0) is 14.3. The number of aromatic nitrogens is 2. The number of benzene rings is 1. The molecule has 6 heteroatoms. The van der Waals surface area contributed by atoms with Gasteiger partial charge in [0.2, 0.25) is 0 Å². The molecule has 2 aromatic heterocycles. The Morgan fingerprint density at radius 3 is 2.50 bits per heavy atom. The van der Waals surface area contributed by atoms with Gasteiger partial charge in [-0.05, 0) is 45.8 Å². The van der Waals surface area contributed by atoms with E-state index >= 15 is 0 Å². The van der Waals surface area contributed by atoms with Gasteiger partial charge in [0.15, 0.2) is 10.4 Å². The minimum atomic E-state index is -0.293. The summed E-state index contributed by atoms with van der Waals surface area (Å²) >= 11 is 3.26. The Bertz CT molecular complexity index is 761. The number of aryl methyl sites for hydroxylation is 1. The van der Waals surface area contributed by atoms with E-state index in [9.17, 15) is 4.39 Å². The first-order valence-corrected chi connectivity index (χ1v) is 6.69. The van der Waals surface area contributed by atoms with Crippen LogP contribution in [0.5, 0.6) is 0 Å². The lowest BCUT2D eigenvalue weighted by Crippen LogP contribution is -1.97. The molecule has 1 aromatic carbocycles. The molecule has 0 aliphatic heterocycles. The number of hydrogen-bond acceptors (Lipinski definition) is 3. The number of anilines is 1. The molecule has 0 aliphatic carbocycles. The second-order valence-electron chi connectivity index (χ2n) is 4.34. The van der Waals surface area contributed by atoms with Crippen molar-refractivity contribution in [3.05, 3.63) is 46.9 Å². The van der Waals surface area contributed by atoms with Crippen molar-refractivity contribution in [2.45, 2.75) is 0 Å². The molecule has 3 rings (SSSR count). The van der Waals surface area contributed by atoms with E-state index in [2.05, 4.69) is 21.0 Å². The van der Waals surface area contributed by atoms with Crippen LogP contribution in [0.25, 0.3) is 22.6 Å². The van der Waals surface area contributed by atoms with E-state index < -0.39 is 0 Å². The number of halogens is 2. The van der Waals surface area contributed by atoms with E-state index in [0.717, 1.165) is 11.1 Å². The van der Waals surface area contributed by atoms with Crippen molar-refractivity contribution in [1.82, 2.24) is 9.78 Å². The number of hydrogen-bond donors (Lipinski definition) is 1. The quantitative estimate of drug-likeness (QED) is 0.774. The number of nitrogens with two attached hydrogens (primary N) is 1. The summed E-state index contributed by atoms with van der Waals surface area (Å²) in [5.74, 6) is 0.807. The molecule has 2 N–H and O–H groups in total. The molecular formula is C14H11BrFN3O. The highest BCUT2D eigenvalue weighted by Crippen LogP contribution is 2.37. The van der Waals surface area contributed by atoms with Gasteiger partial charge in [-0.15, -0.1) is 0 Å². The summed E-state index contributed by atoms with van der Waals surface area (Å²) in [5.41, 5.74) is 8.22. The van der Waals surface area contributed by atoms with Gasteiger partial charge in [-0.3, -0.25) is 4.68 Å². The van der Waals surface area contributed by atoms with Gasteiger partial charge in [0.25, 0.3) is 0 Å². The van der Waals surface area contributed by atoms with Crippen LogP contribution in [0.2, 0.25) is 0 Å². The predicted molar refractivity (Wildman–Crippen MR) is 78.4 cm³/mol. The van der Waals surface area contributed by atoms with Crippen LogP contribution >= 0.6 is 15.9 Å². The molecule has 0 unspecified atom stereocenters. The van der Waals surface area contributed by atoms with Gasteiger partial charge < -0.3 is 10.2 Å². The first-order valence-electron chi connectivity index (χ1n) is 5.90. The van der Waals surface area contributed by atoms with Gasteiger partial charge in [0, 0.05) is 7.05 Å². The molecule has 0 bridgehead atoms. The molecule has 0 amide bonds. The first kappa shape index (κ1) is 12.9. The van der Waals surface area contributed by atoms with Crippen LogP contribution in [-0.2, 0) is 7.05 Å². The van der Waals surface area contributed by atoms with Crippen LogP contribution in [-0.4, -0.2) is 9.78 Å². The Balaban J connectivity index is 2.21. The van der Waals surface area contributed by atoms with Crippen LogP contribution in [0.15, 0.2) is 45.5 Å². The monoisotopic (exact) mass is 335 g/mol. The second kappa shape index (κ2) is 4.79. The third-order valence-electron chi connectivity index (χ3n) is 3.03. The summed E-state index contributed by atoms with van der Waals surface area (Å²) in [6, 6.07) is 9.72. The third kappa shape index (κ3) is 2.12. The molecule has 0 atom stereocenters. The van der Waals surface area contributed by atoms with Gasteiger partial charge in [0.05, 0.1) is 5.56 Å². The van der Waals surface area contributed by atoms with Gasteiger partial charge in [-0.1, -0.05) is 12.1 Å². The number of furan rings is 1. The maximum Gasteiger partial charge on any atom is 0.169 e. The molecule has 0 saturated heterocycles. The Morgan fingerprint density at radius 1 is 1.20 bits per heavy atom. The maximum atomic E-state index is 13.1. The molecular weight excluding hydrogens is 325 g/mol. The molecule has 3 aromatic rings. The van der Waals surface area contributed by atoms with Gasteiger partial charge in [-0.25, -0.2) is 4.39 Å². The maximum absolute atomic E-state index is 13.1. The van der Waals surface area contributed by atoms with Crippen LogP contribution in [0.3, 0.4) is 0 Å². The SMILES string of the molecule is Cn1nc(-c2ccc(Br)o2)c(-c2ccc(F)cc2)c1N. The largest absolute Gasteiger partial charge is 0.448 e. The minimum Gasteiger partial charge on any atom is -0.448 e. The number of rotatable bonds is 2. The molecule has 0 fully saturated rings. The molecule has 20 heavy (non-hydrogen) atoms. The van der Waals surface area contributed by atoms with Crippen molar-refractivity contribution in [3.63, 3.8) is 0 Å². The van der Waals surface area contributed by atoms with Crippen molar-refractivity contribution in [2.24, 2.45) is 7.05 Å². The zero-order valence-corrected chi connectivity index (χ0v) is 12.2. The van der Waals surface area contributed by atoms with Gasteiger partial charge in [0.1, 0.15) is 17.3 Å². The lowest BCUT2D eigenvalue weighted by Gasteiger charge is -2.02. The van der Waals surface area contributed by atoms with E-state index in [1.807, 2.05) is 0 Å². The Hall–Kier alpha value is -2.08. The lowest BCUT2D eigenvalue weighted by molar-refractivity contribution is 0.552. The molecule has 0 saturated carbocycles. The van der Waals surface area contributed by atoms with E-state index in [1.165, 1.54) is 12.1 Å². The predicted octanol–water partition coefficient (Wildman–Crippen LogP) is 3.83. The van der Waals surface area contributed by atoms with E-state index in [1.54, 1.807) is 36.0 Å². The average molecular weight is 336 g/mol. The standard InChI is InChI=1S/C14H11BrFN3O/c1-19-14(17)12(8-2-4-9(16)5-3-8)13(18-19)10-6-7-11(15)20-10/h2-7H,17H2,1H3. The minimum absolute atomic E-state index is 0.293. The van der Waals surface area contributed by atoms with Crippen LogP contribution in [0.1, 0.15) is 0 Å². The third-order valence-corrected chi connectivity index (χ3v) is 3.46. The fourth-order valence-corrected chi connectivity index (χ4v) is 2.36. The summed E-state index contributed by atoms with van der Waals surface area (Å²) in [6.07, 6.45) is 0. The van der Waals surface area contributed by atoms with Crippen LogP contribution in [0, 0.1) is 5.82 Å². The van der Waals surface area contributed by atoms with E-state index in [-0.39, 0.29) is 5.82 Å². The van der Waals surface area contributed by atoms with Crippen molar-refractivity contribution in [2.75, 3.05) is 5.73 Å². The number of nitrogen functional groups attached to an aromatic ring is 1. The topological polar surface area (TPSA) is 57.0 Å². The van der Waals surface area contributed by atoms with Crippen LogP contribution in [0.4, 0.5) is 10.2 Å². The van der Waals surface area contributed by atoms with Crippen molar-refractivity contribution in [3.8, 4) is 22.6 Å². The highest BCUT2D eigenvalue weighted by Gasteiger charge is 2.19. The van der Waals surface area contributed by atoms with Gasteiger partial charge >= 0.3 is 0 Å². The second-order valence-corrected chi connectivity index (χ2v) is 5.12. The van der Waals surface area contributed by atoms with E-state index in [4.69, 9.17) is 10.2 Å². The molecule has 102 valence electrons. The Morgan fingerprint density at radius 2 is 1.90 bits per heavy atom. The first-order chi connectivity index (χ1) is 9.56. The summed E-state index contributed by atoms with van der Waals surface area (Å²) < 4.78 is 20.8. The van der Waals surface area contributed by atoms with Crippen molar-refractivity contribution >= 4 is 21.7 Å². The van der Waals surface area contributed by atoms with Crippen LogP contribution < -0.4 is 5.73 Å². The lowest BCUT2D eigenvalue weighted by atomic mass is 10.0. The molecule has 4 nitrogen and oxygen atoms in total. The molecule has 0 aliphatic rings. The molecule has 2 heterocycles. The van der Waals surface area contributed by atoms with Crippen molar-refractivity contribution in [1.29, 1.82) is 0 Å². The smallest absolute Gasteiger partial charge is 0.169 e. The van der Waals surface area contributed by atoms with Crippen molar-refractivity contribution < 1.29 is 8.81 Å². The normalized spacial score (nSPS) is 10.9. The highest BCUT2D eigenvalue weighted by molar-refractivity contribution is 9.10. The van der Waals surface area contributed by atoms with Gasteiger partial charge in [-0.2, -0.15) is 5.10 Å². The van der Waals surface area contributed by atoms with E-state index in [0.29, 0.717) is 21.9 Å². The zero-order valence-electron chi connectivity index (χ0n) is 10.6. The summed E-state index contributed by atoms with van der Waals surface area (Å²) in [5, 5.41) is 4.38. The fraction of sp³-hybridized carbons (Fsp3) is 0.0714. The average Bonchev–Trinajstić information content (AvgIpc) is 2.97. The fourth-order valence-electron chi connectivity index (χ4n) is 2.05. The summed E-state index contributed by atoms with van der Waals surface area (Å²) in [4.78, 5) is 0. The number of nitrogens with zero attached hydrogens (tertiary/aromatic N) is 2.